The van der Waals surface area contributed by atoms with E-state index < -0.39 is 6.09 Å². The number of carbonyl (C=O) groups is 2. The van der Waals surface area contributed by atoms with Gasteiger partial charge < -0.3 is 20.2 Å². The first-order chi connectivity index (χ1) is 15.4. The van der Waals surface area contributed by atoms with E-state index in [-0.39, 0.29) is 5.91 Å². The van der Waals surface area contributed by atoms with Gasteiger partial charge in [0.25, 0.3) is 5.91 Å². The summed E-state index contributed by atoms with van der Waals surface area (Å²) in [5.74, 6) is 2.67. The maximum Gasteiger partial charge on any atom is 0.407 e. The van der Waals surface area contributed by atoms with E-state index in [1.807, 2.05) is 12.1 Å². The summed E-state index contributed by atoms with van der Waals surface area (Å²) in [5.41, 5.74) is 1.89. The molecular formula is C25H34ClN3O3. The third-order valence-corrected chi connectivity index (χ3v) is 8.76. The SMILES string of the molecule is O=C(NCCC12CC3CC(CC(C3)C1)C2)c1cc(N2CCCN(C(=O)O)CC2)ccc1Cl. The highest BCUT2D eigenvalue weighted by atomic mass is 35.5. The topological polar surface area (TPSA) is 72.9 Å². The molecule has 0 atom stereocenters. The molecule has 32 heavy (non-hydrogen) atoms. The maximum absolute atomic E-state index is 13.0. The smallest absolute Gasteiger partial charge is 0.407 e. The zero-order chi connectivity index (χ0) is 22.3. The van der Waals surface area contributed by atoms with E-state index in [1.165, 1.54) is 43.4 Å². The molecule has 5 aliphatic rings. The Balaban J connectivity index is 1.20. The Morgan fingerprint density at radius 3 is 2.38 bits per heavy atom. The van der Waals surface area contributed by atoms with E-state index in [9.17, 15) is 14.7 Å². The summed E-state index contributed by atoms with van der Waals surface area (Å²) in [4.78, 5) is 27.9. The van der Waals surface area contributed by atoms with Crippen molar-refractivity contribution in [3.8, 4) is 0 Å². The summed E-state index contributed by atoms with van der Waals surface area (Å²) in [6, 6.07) is 5.56. The lowest BCUT2D eigenvalue weighted by Gasteiger charge is -2.57. The van der Waals surface area contributed by atoms with Crippen LogP contribution in [-0.4, -0.2) is 54.7 Å². The number of hydrogen-bond donors (Lipinski definition) is 2. The molecule has 1 heterocycles. The van der Waals surface area contributed by atoms with E-state index in [1.54, 1.807) is 6.07 Å². The van der Waals surface area contributed by atoms with Crippen LogP contribution in [0.5, 0.6) is 0 Å². The minimum Gasteiger partial charge on any atom is -0.465 e. The third-order valence-electron chi connectivity index (χ3n) is 8.43. The molecule has 174 valence electrons. The first-order valence-electron chi connectivity index (χ1n) is 12.2. The van der Waals surface area contributed by atoms with E-state index >= 15 is 0 Å². The van der Waals surface area contributed by atoms with Crippen LogP contribution in [0.25, 0.3) is 0 Å². The van der Waals surface area contributed by atoms with Crippen molar-refractivity contribution in [2.24, 2.45) is 23.2 Å². The highest BCUT2D eigenvalue weighted by Crippen LogP contribution is 2.61. The number of anilines is 1. The summed E-state index contributed by atoms with van der Waals surface area (Å²) < 4.78 is 0. The van der Waals surface area contributed by atoms with Crippen LogP contribution in [0.4, 0.5) is 10.5 Å². The van der Waals surface area contributed by atoms with Gasteiger partial charge in [-0.2, -0.15) is 0 Å². The molecule has 4 aliphatic carbocycles. The molecule has 4 saturated carbocycles. The van der Waals surface area contributed by atoms with Gasteiger partial charge in [0.2, 0.25) is 0 Å². The van der Waals surface area contributed by atoms with Gasteiger partial charge in [0.1, 0.15) is 0 Å². The Morgan fingerprint density at radius 1 is 1.03 bits per heavy atom. The Labute approximate surface area is 195 Å². The second-order valence-electron chi connectivity index (χ2n) is 10.7. The van der Waals surface area contributed by atoms with E-state index in [2.05, 4.69) is 10.2 Å². The Morgan fingerprint density at radius 2 is 1.72 bits per heavy atom. The molecule has 2 amide bonds. The fraction of sp³-hybridized carbons (Fsp3) is 0.680. The van der Waals surface area contributed by atoms with Gasteiger partial charge in [-0.25, -0.2) is 4.79 Å². The predicted octanol–water partition coefficient (Wildman–Crippen LogP) is 4.87. The molecule has 1 aromatic rings. The van der Waals surface area contributed by atoms with Crippen LogP contribution >= 0.6 is 11.6 Å². The fourth-order valence-electron chi connectivity index (χ4n) is 7.38. The second kappa shape index (κ2) is 8.77. The van der Waals surface area contributed by atoms with Crippen molar-refractivity contribution in [1.82, 2.24) is 10.2 Å². The van der Waals surface area contributed by atoms with Crippen LogP contribution in [0.15, 0.2) is 18.2 Å². The second-order valence-corrected chi connectivity index (χ2v) is 11.1. The number of carbonyl (C=O) groups excluding carboxylic acids is 1. The monoisotopic (exact) mass is 459 g/mol. The first-order valence-corrected chi connectivity index (χ1v) is 12.6. The Bertz CT molecular complexity index is 854. The number of nitrogens with zero attached hydrogens (tertiary/aromatic N) is 2. The quantitative estimate of drug-likeness (QED) is 0.659. The van der Waals surface area contributed by atoms with Crippen LogP contribution < -0.4 is 10.2 Å². The zero-order valence-electron chi connectivity index (χ0n) is 18.7. The summed E-state index contributed by atoms with van der Waals surface area (Å²) in [7, 11) is 0. The third kappa shape index (κ3) is 4.43. The predicted molar refractivity (Wildman–Crippen MR) is 125 cm³/mol. The van der Waals surface area contributed by atoms with Crippen LogP contribution in [-0.2, 0) is 0 Å². The van der Waals surface area contributed by atoms with Gasteiger partial charge >= 0.3 is 6.09 Å². The number of rotatable bonds is 5. The molecule has 0 spiro atoms. The van der Waals surface area contributed by atoms with Crippen molar-refractivity contribution in [1.29, 1.82) is 0 Å². The van der Waals surface area contributed by atoms with Crippen molar-refractivity contribution >= 4 is 29.3 Å². The van der Waals surface area contributed by atoms with Crippen LogP contribution in [0.1, 0.15) is 61.7 Å². The molecule has 2 N–H and O–H groups in total. The van der Waals surface area contributed by atoms with Gasteiger partial charge in [0, 0.05) is 38.4 Å². The fourth-order valence-corrected chi connectivity index (χ4v) is 7.59. The molecule has 1 aliphatic heterocycles. The van der Waals surface area contributed by atoms with Gasteiger partial charge in [-0.3, -0.25) is 4.79 Å². The zero-order valence-corrected chi connectivity index (χ0v) is 19.4. The number of halogens is 1. The molecule has 6 rings (SSSR count). The summed E-state index contributed by atoms with van der Waals surface area (Å²) in [6.07, 6.45) is 9.35. The minimum absolute atomic E-state index is 0.108. The standard InChI is InChI=1S/C25H34ClN3O3/c26-22-3-2-20(28-6-1-7-29(9-8-28)24(31)32)13-21(22)23(30)27-5-4-25-14-17-10-18(15-25)12-19(11-17)16-25/h2-3,13,17-19H,1,4-12,14-16H2,(H,27,30)(H,31,32). The Hall–Kier alpha value is -1.95. The average Bonchev–Trinajstić information content (AvgIpc) is 2.99. The van der Waals surface area contributed by atoms with E-state index in [0.717, 1.165) is 42.8 Å². The number of amides is 2. The van der Waals surface area contributed by atoms with Gasteiger partial charge in [0.05, 0.1) is 10.6 Å². The summed E-state index contributed by atoms with van der Waals surface area (Å²) in [6.45, 7) is 3.09. The number of hydrogen-bond acceptors (Lipinski definition) is 3. The molecular weight excluding hydrogens is 426 g/mol. The molecule has 0 radical (unpaired) electrons. The highest BCUT2D eigenvalue weighted by Gasteiger charge is 2.50. The summed E-state index contributed by atoms with van der Waals surface area (Å²) >= 11 is 6.40. The molecule has 1 aromatic carbocycles. The highest BCUT2D eigenvalue weighted by molar-refractivity contribution is 6.34. The molecule has 0 unspecified atom stereocenters. The minimum atomic E-state index is -0.873. The van der Waals surface area contributed by atoms with E-state index in [0.29, 0.717) is 42.2 Å². The van der Waals surface area contributed by atoms with Crippen molar-refractivity contribution in [2.45, 2.75) is 51.4 Å². The molecule has 5 fully saturated rings. The normalized spacial score (nSPS) is 31.5. The maximum atomic E-state index is 13.0. The van der Waals surface area contributed by atoms with Crippen LogP contribution in [0.3, 0.4) is 0 Å². The van der Waals surface area contributed by atoms with Gasteiger partial charge in [-0.05, 0) is 92.7 Å². The molecule has 0 aromatic heterocycles. The van der Waals surface area contributed by atoms with Crippen LogP contribution in [0, 0.1) is 23.2 Å². The molecule has 4 bridgehead atoms. The Kier molecular flexibility index (Phi) is 5.99. The summed E-state index contributed by atoms with van der Waals surface area (Å²) in [5, 5.41) is 12.9. The molecule has 7 heteroatoms. The van der Waals surface area contributed by atoms with Gasteiger partial charge in [0.15, 0.2) is 0 Å². The lowest BCUT2D eigenvalue weighted by molar-refractivity contribution is -0.0564. The van der Waals surface area contributed by atoms with E-state index in [4.69, 9.17) is 11.6 Å². The number of nitrogens with one attached hydrogen (secondary N) is 1. The molecule has 1 saturated heterocycles. The van der Waals surface area contributed by atoms with Crippen LogP contribution in [0.2, 0.25) is 5.02 Å². The van der Waals surface area contributed by atoms with Crippen molar-refractivity contribution in [3.05, 3.63) is 28.8 Å². The first kappa shape index (κ1) is 21.9. The largest absolute Gasteiger partial charge is 0.465 e. The number of benzene rings is 1. The number of carboxylic acid groups (broad SMARTS) is 1. The molecule has 6 nitrogen and oxygen atoms in total. The van der Waals surface area contributed by atoms with Gasteiger partial charge in [-0.15, -0.1) is 0 Å². The lowest BCUT2D eigenvalue weighted by Crippen LogP contribution is -2.47. The van der Waals surface area contributed by atoms with Gasteiger partial charge in [-0.1, -0.05) is 11.6 Å². The van der Waals surface area contributed by atoms with Crippen molar-refractivity contribution < 1.29 is 14.7 Å². The average molecular weight is 460 g/mol. The van der Waals surface area contributed by atoms with Crippen molar-refractivity contribution in [3.63, 3.8) is 0 Å². The van der Waals surface area contributed by atoms with Crippen molar-refractivity contribution in [2.75, 3.05) is 37.6 Å². The lowest BCUT2D eigenvalue weighted by atomic mass is 9.49.